The van der Waals surface area contributed by atoms with Crippen LogP contribution in [-0.4, -0.2) is 60.5 Å². The Bertz CT molecular complexity index is 822. The van der Waals surface area contributed by atoms with Crippen LogP contribution in [0.2, 0.25) is 0 Å². The minimum atomic E-state index is -4.94. The summed E-state index contributed by atoms with van der Waals surface area (Å²) in [6.07, 6.45) is -9.90. The normalized spacial score (nSPS) is 28.0. The van der Waals surface area contributed by atoms with Gasteiger partial charge in [0.2, 0.25) is 0 Å². The molecule has 2 aromatic rings. The third-order valence-corrected chi connectivity index (χ3v) is 4.35. The number of fused-ring (bicyclic) bond motifs is 1. The summed E-state index contributed by atoms with van der Waals surface area (Å²) in [4.78, 5) is 11.8. The van der Waals surface area contributed by atoms with Gasteiger partial charge in [-0.05, 0) is 5.41 Å². The number of hydrogen-bond donors (Lipinski definition) is 3. The number of aliphatic hydroxyl groups excluding tert-OH is 2. The number of halogens is 3. The van der Waals surface area contributed by atoms with E-state index in [4.69, 9.17) is 10.5 Å². The number of aromatic nitrogens is 4. The van der Waals surface area contributed by atoms with Crippen molar-refractivity contribution in [3.05, 3.63) is 12.7 Å². The molecule has 0 aromatic carbocycles. The van der Waals surface area contributed by atoms with Crippen LogP contribution in [0.15, 0.2) is 12.7 Å². The van der Waals surface area contributed by atoms with Gasteiger partial charge in [0.15, 0.2) is 17.7 Å². The Hall–Kier alpha value is -2.02. The quantitative estimate of drug-likeness (QED) is 0.706. The molecule has 2 aromatic heterocycles. The fourth-order valence-electron chi connectivity index (χ4n) is 3.10. The maximum atomic E-state index is 12.9. The summed E-state index contributed by atoms with van der Waals surface area (Å²) in [6.45, 7) is 4.54. The molecule has 3 heterocycles. The first-order valence-electron chi connectivity index (χ1n) is 8.09. The minimum absolute atomic E-state index is 0.0938. The van der Waals surface area contributed by atoms with E-state index in [1.54, 1.807) is 0 Å². The number of nitrogens with zero attached hydrogens (tertiary/aromatic N) is 4. The third kappa shape index (κ3) is 3.70. The van der Waals surface area contributed by atoms with Crippen molar-refractivity contribution in [2.45, 2.75) is 57.8 Å². The second-order valence-corrected chi connectivity index (χ2v) is 7.41. The fourth-order valence-corrected chi connectivity index (χ4v) is 3.10. The Balaban J connectivity index is 1.95. The highest BCUT2D eigenvalue weighted by molar-refractivity contribution is 5.81. The molecular formula is C15H20F3N5O4. The molecule has 4 N–H and O–H groups in total. The summed E-state index contributed by atoms with van der Waals surface area (Å²) in [7, 11) is 0. The molecule has 0 saturated carbocycles. The summed E-state index contributed by atoms with van der Waals surface area (Å²) >= 11 is 0. The summed E-state index contributed by atoms with van der Waals surface area (Å²) in [5.74, 6) is 0.0938. The van der Waals surface area contributed by atoms with E-state index in [1.165, 1.54) is 38.0 Å². The molecule has 12 heteroatoms. The zero-order chi connectivity index (χ0) is 20.1. The molecule has 0 amide bonds. The Morgan fingerprint density at radius 2 is 1.85 bits per heavy atom. The number of nitrogen functional groups attached to an aromatic ring is 1. The van der Waals surface area contributed by atoms with Gasteiger partial charge in [-0.2, -0.15) is 0 Å². The Labute approximate surface area is 151 Å². The van der Waals surface area contributed by atoms with Crippen molar-refractivity contribution in [3.8, 4) is 0 Å². The Kier molecular flexibility index (Phi) is 4.78. The van der Waals surface area contributed by atoms with Gasteiger partial charge in [-0.15, -0.1) is 13.2 Å². The van der Waals surface area contributed by atoms with Gasteiger partial charge in [-0.3, -0.25) is 9.30 Å². The van der Waals surface area contributed by atoms with E-state index in [0.717, 1.165) is 0 Å². The van der Waals surface area contributed by atoms with Crippen molar-refractivity contribution in [3.63, 3.8) is 0 Å². The Morgan fingerprint density at radius 3 is 2.44 bits per heavy atom. The van der Waals surface area contributed by atoms with Crippen LogP contribution < -0.4 is 5.73 Å². The molecule has 0 spiro atoms. The lowest BCUT2D eigenvalue weighted by Crippen LogP contribution is -2.49. The van der Waals surface area contributed by atoms with Gasteiger partial charge in [-0.25, -0.2) is 15.0 Å². The molecular weight excluding hydrogens is 371 g/mol. The summed E-state index contributed by atoms with van der Waals surface area (Å²) in [6, 6.07) is 0. The van der Waals surface area contributed by atoms with E-state index >= 15 is 0 Å². The molecule has 5 atom stereocenters. The van der Waals surface area contributed by atoms with Crippen molar-refractivity contribution in [2.75, 3.05) is 5.73 Å². The van der Waals surface area contributed by atoms with Crippen LogP contribution in [0, 0.1) is 5.41 Å². The standard InChI is InChI=1S/C15H20F3N5O4/c1-14(2,3)10(27-15(16,17)18)9-7(24)8(25)13(26-9)23-5-22-6-11(19)20-4-21-12(6)23/h4-5,7-10,13,24-25H,1-3H3,(H2,19,20,21)/t7-,8+,9-,10?,13+/m0/s1. The lowest BCUT2D eigenvalue weighted by molar-refractivity contribution is -0.366. The van der Waals surface area contributed by atoms with E-state index in [9.17, 15) is 23.4 Å². The number of rotatable bonds is 3. The molecule has 1 aliphatic rings. The smallest absolute Gasteiger partial charge is 0.387 e. The predicted molar refractivity (Wildman–Crippen MR) is 86.0 cm³/mol. The van der Waals surface area contributed by atoms with Crippen LogP contribution in [0.4, 0.5) is 19.0 Å². The number of anilines is 1. The van der Waals surface area contributed by atoms with Crippen LogP contribution in [0.5, 0.6) is 0 Å². The fraction of sp³-hybridized carbons (Fsp3) is 0.667. The van der Waals surface area contributed by atoms with Crippen molar-refractivity contribution in [1.82, 2.24) is 19.5 Å². The second-order valence-electron chi connectivity index (χ2n) is 7.41. The second kappa shape index (κ2) is 6.55. The van der Waals surface area contributed by atoms with Gasteiger partial charge in [0, 0.05) is 0 Å². The van der Waals surface area contributed by atoms with Crippen LogP contribution in [0.3, 0.4) is 0 Å². The van der Waals surface area contributed by atoms with Crippen LogP contribution in [0.1, 0.15) is 27.0 Å². The molecule has 0 radical (unpaired) electrons. The lowest BCUT2D eigenvalue weighted by atomic mass is 9.83. The molecule has 150 valence electrons. The van der Waals surface area contributed by atoms with Crippen LogP contribution >= 0.6 is 0 Å². The van der Waals surface area contributed by atoms with E-state index in [2.05, 4.69) is 19.7 Å². The van der Waals surface area contributed by atoms with Gasteiger partial charge in [0.25, 0.3) is 0 Å². The van der Waals surface area contributed by atoms with Crippen LogP contribution in [-0.2, 0) is 9.47 Å². The average molecular weight is 391 g/mol. The third-order valence-electron chi connectivity index (χ3n) is 4.35. The van der Waals surface area contributed by atoms with E-state index in [1.807, 2.05) is 0 Å². The van der Waals surface area contributed by atoms with Crippen molar-refractivity contribution >= 4 is 17.0 Å². The topological polar surface area (TPSA) is 129 Å². The van der Waals surface area contributed by atoms with E-state index in [-0.39, 0.29) is 17.0 Å². The van der Waals surface area contributed by atoms with Crippen molar-refractivity contribution in [2.24, 2.45) is 5.41 Å². The molecule has 0 bridgehead atoms. The number of alkyl halides is 3. The number of aliphatic hydroxyl groups is 2. The first-order chi connectivity index (χ1) is 12.4. The number of hydrogen-bond acceptors (Lipinski definition) is 8. The van der Waals surface area contributed by atoms with Crippen molar-refractivity contribution < 1.29 is 32.9 Å². The highest BCUT2D eigenvalue weighted by atomic mass is 19.4. The maximum Gasteiger partial charge on any atom is 0.522 e. The van der Waals surface area contributed by atoms with Crippen molar-refractivity contribution in [1.29, 1.82) is 0 Å². The molecule has 1 saturated heterocycles. The highest BCUT2D eigenvalue weighted by Crippen LogP contribution is 2.40. The maximum absolute atomic E-state index is 12.9. The van der Waals surface area contributed by atoms with Crippen LogP contribution in [0.25, 0.3) is 11.2 Å². The molecule has 27 heavy (non-hydrogen) atoms. The monoisotopic (exact) mass is 391 g/mol. The van der Waals surface area contributed by atoms with E-state index < -0.39 is 42.4 Å². The largest absolute Gasteiger partial charge is 0.522 e. The summed E-state index contributed by atoms with van der Waals surface area (Å²) < 4.78 is 49.7. The first-order valence-corrected chi connectivity index (χ1v) is 8.09. The zero-order valence-corrected chi connectivity index (χ0v) is 14.8. The SMILES string of the molecule is CC(C)(C)C(OC(F)(F)F)[C@H]1O[C@@H](n2cnc3c(N)ncnc32)[C@H](O)[C@@H]1O. The van der Waals surface area contributed by atoms with Gasteiger partial charge < -0.3 is 20.7 Å². The number of nitrogens with two attached hydrogens (primary N) is 1. The first kappa shape index (κ1) is 19.7. The number of ether oxygens (including phenoxy) is 2. The minimum Gasteiger partial charge on any atom is -0.387 e. The van der Waals surface area contributed by atoms with Gasteiger partial charge in [0.05, 0.1) is 6.33 Å². The predicted octanol–water partition coefficient (Wildman–Crippen LogP) is 0.979. The van der Waals surface area contributed by atoms with Gasteiger partial charge >= 0.3 is 6.36 Å². The highest BCUT2D eigenvalue weighted by Gasteiger charge is 2.53. The molecule has 1 fully saturated rings. The van der Waals surface area contributed by atoms with Gasteiger partial charge in [0.1, 0.15) is 36.3 Å². The lowest BCUT2D eigenvalue weighted by Gasteiger charge is -2.36. The molecule has 1 unspecified atom stereocenters. The number of imidazole rings is 1. The van der Waals surface area contributed by atoms with E-state index in [0.29, 0.717) is 0 Å². The molecule has 9 nitrogen and oxygen atoms in total. The molecule has 1 aliphatic heterocycles. The summed E-state index contributed by atoms with van der Waals surface area (Å²) in [5, 5.41) is 20.8. The average Bonchev–Trinajstić information content (AvgIpc) is 3.07. The molecule has 3 rings (SSSR count). The molecule has 0 aliphatic carbocycles. The summed E-state index contributed by atoms with van der Waals surface area (Å²) in [5.41, 5.74) is 5.12. The Morgan fingerprint density at radius 1 is 1.19 bits per heavy atom. The zero-order valence-electron chi connectivity index (χ0n) is 14.8. The van der Waals surface area contributed by atoms with Gasteiger partial charge in [-0.1, -0.05) is 20.8 Å².